The lowest BCUT2D eigenvalue weighted by atomic mass is 9.97. The third-order valence-corrected chi connectivity index (χ3v) is 4.11. The summed E-state index contributed by atoms with van der Waals surface area (Å²) in [5.74, 6) is 0.951. The van der Waals surface area contributed by atoms with Crippen LogP contribution in [0.25, 0.3) is 0 Å². The zero-order chi connectivity index (χ0) is 16.9. The number of rotatable bonds is 7. The molecule has 0 unspecified atom stereocenters. The summed E-state index contributed by atoms with van der Waals surface area (Å²) in [5, 5.41) is 11.8. The molecule has 23 heavy (non-hydrogen) atoms. The number of ether oxygens (including phenoxy) is 1. The van der Waals surface area contributed by atoms with E-state index in [0.29, 0.717) is 6.61 Å². The predicted molar refractivity (Wildman–Crippen MR) is 95.4 cm³/mol. The van der Waals surface area contributed by atoms with Gasteiger partial charge in [0.2, 0.25) is 0 Å². The monoisotopic (exact) mass is 313 g/mol. The highest BCUT2D eigenvalue weighted by atomic mass is 16.5. The first-order valence-corrected chi connectivity index (χ1v) is 8.14. The average Bonchev–Trinajstić information content (AvgIpc) is 2.54. The zero-order valence-electron chi connectivity index (χ0n) is 14.5. The first-order valence-electron chi connectivity index (χ1n) is 8.14. The van der Waals surface area contributed by atoms with Crippen molar-refractivity contribution in [1.82, 2.24) is 0 Å². The summed E-state index contributed by atoms with van der Waals surface area (Å²) in [5.41, 5.74) is 2.83. The van der Waals surface area contributed by atoms with Crippen LogP contribution in [0.15, 0.2) is 48.5 Å². The number of aryl methyl sites for hydroxylation is 2. The van der Waals surface area contributed by atoms with Gasteiger partial charge in [-0.25, -0.2) is 0 Å². The van der Waals surface area contributed by atoms with Crippen molar-refractivity contribution in [2.45, 2.75) is 46.1 Å². The molecule has 0 saturated heterocycles. The van der Waals surface area contributed by atoms with Crippen LogP contribution < -0.4 is 9.80 Å². The Balaban J connectivity index is 1.86. The van der Waals surface area contributed by atoms with E-state index in [2.05, 4.69) is 32.0 Å². The maximum atomic E-state index is 10.4. The van der Waals surface area contributed by atoms with Crippen LogP contribution >= 0.6 is 0 Å². The number of hydroxylamine groups is 1. The Kier molecular flexibility index (Phi) is 5.67. The maximum Gasteiger partial charge on any atom is 0.122 e. The fourth-order valence-corrected chi connectivity index (χ4v) is 2.57. The minimum atomic E-state index is -0.341. The summed E-state index contributed by atoms with van der Waals surface area (Å²) in [4.78, 5) is 0. The number of anilines is 1. The first-order chi connectivity index (χ1) is 10.9. The number of nitrogens with zero attached hydrogens (tertiary/aromatic N) is 1. The van der Waals surface area contributed by atoms with Gasteiger partial charge in [-0.15, -0.1) is 0 Å². The van der Waals surface area contributed by atoms with Gasteiger partial charge in [-0.2, -0.15) is 0 Å². The van der Waals surface area contributed by atoms with Crippen LogP contribution in [0.2, 0.25) is 0 Å². The van der Waals surface area contributed by atoms with Crippen molar-refractivity contribution >= 4 is 5.69 Å². The lowest BCUT2D eigenvalue weighted by molar-refractivity contribution is 0.155. The van der Waals surface area contributed by atoms with Gasteiger partial charge in [-0.3, -0.25) is 10.3 Å². The van der Waals surface area contributed by atoms with Gasteiger partial charge in [0.05, 0.1) is 17.8 Å². The molecule has 0 saturated carbocycles. The standard InChI is InChI=1S/C20H27NO2/c1-16-11-12-17(2)19(15-16)23-14-8-13-20(3,4)21(22)18-9-6-5-7-10-18/h5-7,9-12,15,22H,8,13-14H2,1-4H3. The largest absolute Gasteiger partial charge is 0.493 e. The molecular weight excluding hydrogens is 286 g/mol. The van der Waals surface area contributed by atoms with E-state index in [9.17, 15) is 5.21 Å². The van der Waals surface area contributed by atoms with Gasteiger partial charge in [0, 0.05) is 0 Å². The fourth-order valence-electron chi connectivity index (χ4n) is 2.57. The lowest BCUT2D eigenvalue weighted by Crippen LogP contribution is -2.42. The van der Waals surface area contributed by atoms with Crippen LogP contribution in [0, 0.1) is 13.8 Å². The average molecular weight is 313 g/mol. The Morgan fingerprint density at radius 3 is 2.43 bits per heavy atom. The van der Waals surface area contributed by atoms with Crippen molar-refractivity contribution in [2.75, 3.05) is 11.7 Å². The van der Waals surface area contributed by atoms with E-state index >= 15 is 0 Å². The number of para-hydroxylation sites is 1. The summed E-state index contributed by atoms with van der Waals surface area (Å²) in [6.07, 6.45) is 1.72. The second kappa shape index (κ2) is 7.51. The molecule has 0 aliphatic rings. The van der Waals surface area contributed by atoms with E-state index in [1.807, 2.05) is 44.2 Å². The van der Waals surface area contributed by atoms with Gasteiger partial charge in [-0.05, 0) is 69.9 Å². The smallest absolute Gasteiger partial charge is 0.122 e. The second-order valence-electron chi connectivity index (χ2n) is 6.68. The van der Waals surface area contributed by atoms with Crippen LogP contribution in [0.4, 0.5) is 5.69 Å². The molecule has 0 bridgehead atoms. The molecule has 0 aromatic heterocycles. The summed E-state index contributed by atoms with van der Waals surface area (Å²) >= 11 is 0. The second-order valence-corrected chi connectivity index (χ2v) is 6.68. The maximum absolute atomic E-state index is 10.4. The van der Waals surface area contributed by atoms with Gasteiger partial charge in [0.15, 0.2) is 0 Å². The van der Waals surface area contributed by atoms with Crippen molar-refractivity contribution in [3.63, 3.8) is 0 Å². The van der Waals surface area contributed by atoms with E-state index < -0.39 is 0 Å². The molecule has 0 amide bonds. The lowest BCUT2D eigenvalue weighted by Gasteiger charge is -2.35. The number of hydrogen-bond donors (Lipinski definition) is 1. The molecular formula is C20H27NO2. The Labute approximate surface area is 139 Å². The highest BCUT2D eigenvalue weighted by Gasteiger charge is 2.25. The highest BCUT2D eigenvalue weighted by Crippen LogP contribution is 2.26. The molecule has 0 radical (unpaired) electrons. The van der Waals surface area contributed by atoms with Gasteiger partial charge in [0.25, 0.3) is 0 Å². The normalized spacial score (nSPS) is 11.3. The summed E-state index contributed by atoms with van der Waals surface area (Å²) in [6.45, 7) is 8.86. The molecule has 2 rings (SSSR count). The number of benzene rings is 2. The molecule has 3 nitrogen and oxygen atoms in total. The van der Waals surface area contributed by atoms with E-state index in [-0.39, 0.29) is 5.54 Å². The molecule has 2 aromatic carbocycles. The van der Waals surface area contributed by atoms with Crippen molar-refractivity contribution in [2.24, 2.45) is 0 Å². The van der Waals surface area contributed by atoms with Crippen molar-refractivity contribution in [1.29, 1.82) is 0 Å². The topological polar surface area (TPSA) is 32.7 Å². The van der Waals surface area contributed by atoms with Crippen LogP contribution in [0.3, 0.4) is 0 Å². The third-order valence-electron chi connectivity index (χ3n) is 4.11. The van der Waals surface area contributed by atoms with E-state index in [0.717, 1.165) is 29.8 Å². The van der Waals surface area contributed by atoms with Crippen LogP contribution in [0.1, 0.15) is 37.8 Å². The Bertz CT molecular complexity index is 623. The first kappa shape index (κ1) is 17.4. The van der Waals surface area contributed by atoms with Crippen LogP contribution in [-0.2, 0) is 0 Å². The van der Waals surface area contributed by atoms with Crippen LogP contribution in [0.5, 0.6) is 5.75 Å². The van der Waals surface area contributed by atoms with Gasteiger partial charge >= 0.3 is 0 Å². The quantitative estimate of drug-likeness (QED) is 0.567. The van der Waals surface area contributed by atoms with Gasteiger partial charge in [-0.1, -0.05) is 30.3 Å². The third kappa shape index (κ3) is 4.73. The molecule has 0 fully saturated rings. The van der Waals surface area contributed by atoms with Crippen molar-refractivity contribution in [3.8, 4) is 5.75 Å². The SMILES string of the molecule is Cc1ccc(C)c(OCCCC(C)(C)N(O)c2ccccc2)c1. The number of hydrogen-bond acceptors (Lipinski definition) is 3. The van der Waals surface area contributed by atoms with Crippen molar-refractivity contribution in [3.05, 3.63) is 59.7 Å². The zero-order valence-corrected chi connectivity index (χ0v) is 14.5. The van der Waals surface area contributed by atoms with Gasteiger partial charge < -0.3 is 4.74 Å². The molecule has 3 heteroatoms. The minimum Gasteiger partial charge on any atom is -0.493 e. The minimum absolute atomic E-state index is 0.341. The molecule has 0 aliphatic heterocycles. The fraction of sp³-hybridized carbons (Fsp3) is 0.400. The molecule has 124 valence electrons. The molecule has 2 aromatic rings. The van der Waals surface area contributed by atoms with Crippen molar-refractivity contribution < 1.29 is 9.94 Å². The Morgan fingerprint density at radius 2 is 1.74 bits per heavy atom. The molecule has 0 aliphatic carbocycles. The van der Waals surface area contributed by atoms with Gasteiger partial charge in [0.1, 0.15) is 5.75 Å². The Hall–Kier alpha value is -2.00. The summed E-state index contributed by atoms with van der Waals surface area (Å²) in [6, 6.07) is 15.9. The molecule has 1 N–H and O–H groups in total. The molecule has 0 heterocycles. The predicted octanol–water partition coefficient (Wildman–Crippen LogP) is 5.14. The van der Waals surface area contributed by atoms with E-state index in [1.54, 1.807) is 0 Å². The van der Waals surface area contributed by atoms with E-state index in [1.165, 1.54) is 10.6 Å². The van der Waals surface area contributed by atoms with Crippen LogP contribution in [-0.4, -0.2) is 17.4 Å². The Morgan fingerprint density at radius 1 is 1.04 bits per heavy atom. The molecule has 0 spiro atoms. The molecule has 0 atom stereocenters. The summed E-state index contributed by atoms with van der Waals surface area (Å²) < 4.78 is 5.90. The summed E-state index contributed by atoms with van der Waals surface area (Å²) in [7, 11) is 0. The highest BCUT2D eigenvalue weighted by molar-refractivity contribution is 5.45. The van der Waals surface area contributed by atoms with E-state index in [4.69, 9.17) is 4.74 Å².